The number of pyridine rings is 1. The van der Waals surface area contributed by atoms with Crippen molar-refractivity contribution >= 4 is 33.7 Å². The van der Waals surface area contributed by atoms with Gasteiger partial charge in [-0.25, -0.2) is 15.0 Å². The van der Waals surface area contributed by atoms with Gasteiger partial charge in [0, 0.05) is 34.5 Å². The highest BCUT2D eigenvalue weighted by Gasteiger charge is 2.12. The summed E-state index contributed by atoms with van der Waals surface area (Å²) in [7, 11) is 0. The third-order valence-electron chi connectivity index (χ3n) is 3.36. The van der Waals surface area contributed by atoms with Crippen molar-refractivity contribution in [2.75, 3.05) is 5.32 Å². The monoisotopic (exact) mass is 319 g/mol. The quantitative estimate of drug-likeness (QED) is 0.613. The van der Waals surface area contributed by atoms with Gasteiger partial charge in [0.2, 0.25) is 0 Å². The minimum absolute atomic E-state index is 0.637. The number of hydrogen-bond acceptors (Lipinski definition) is 6. The number of nitrogens with zero attached hydrogens (tertiary/aromatic N) is 4. The van der Waals surface area contributed by atoms with Gasteiger partial charge < -0.3 is 5.32 Å². The molecule has 4 rings (SSSR count). The first kappa shape index (κ1) is 13.8. The molecule has 6 heteroatoms. The molecule has 0 aliphatic rings. The molecular formula is C17H13N5S. The molecule has 0 amide bonds. The molecule has 0 saturated carbocycles. The van der Waals surface area contributed by atoms with Crippen molar-refractivity contribution in [1.29, 1.82) is 0 Å². The Kier molecular flexibility index (Phi) is 3.44. The largest absolute Gasteiger partial charge is 0.340 e. The van der Waals surface area contributed by atoms with Gasteiger partial charge in [0.1, 0.15) is 5.82 Å². The average Bonchev–Trinajstić information content (AvgIpc) is 3.02. The summed E-state index contributed by atoms with van der Waals surface area (Å²) >= 11 is 1.55. The zero-order chi connectivity index (χ0) is 15.6. The third-order valence-corrected chi connectivity index (χ3v) is 4.31. The van der Waals surface area contributed by atoms with Crippen LogP contribution in [0.15, 0.2) is 54.2 Å². The SMILES string of the molecule is Cc1csc(-c2nc(Nc3ccncc3)c3ccccc3n2)n1. The van der Waals surface area contributed by atoms with Crippen molar-refractivity contribution in [2.24, 2.45) is 0 Å². The Labute approximate surface area is 137 Å². The number of rotatable bonds is 3. The number of aryl methyl sites for hydroxylation is 1. The first-order valence-electron chi connectivity index (χ1n) is 7.16. The van der Waals surface area contributed by atoms with Crippen molar-refractivity contribution in [2.45, 2.75) is 6.92 Å². The minimum atomic E-state index is 0.637. The lowest BCUT2D eigenvalue weighted by Crippen LogP contribution is -1.99. The maximum Gasteiger partial charge on any atom is 0.191 e. The molecule has 0 atom stereocenters. The lowest BCUT2D eigenvalue weighted by atomic mass is 10.2. The summed E-state index contributed by atoms with van der Waals surface area (Å²) in [5.41, 5.74) is 2.80. The maximum atomic E-state index is 4.69. The van der Waals surface area contributed by atoms with E-state index in [2.05, 4.69) is 25.3 Å². The van der Waals surface area contributed by atoms with Gasteiger partial charge >= 0.3 is 0 Å². The van der Waals surface area contributed by atoms with E-state index >= 15 is 0 Å². The number of nitrogens with one attached hydrogen (secondary N) is 1. The minimum Gasteiger partial charge on any atom is -0.340 e. The van der Waals surface area contributed by atoms with E-state index in [1.165, 1.54) is 0 Å². The maximum absolute atomic E-state index is 4.69. The van der Waals surface area contributed by atoms with Crippen LogP contribution in [-0.2, 0) is 0 Å². The van der Waals surface area contributed by atoms with Gasteiger partial charge in [0.15, 0.2) is 10.8 Å². The molecule has 1 aromatic carbocycles. The number of anilines is 2. The van der Waals surface area contributed by atoms with Gasteiger partial charge in [-0.05, 0) is 31.2 Å². The van der Waals surface area contributed by atoms with Gasteiger partial charge in [-0.3, -0.25) is 4.98 Å². The predicted octanol–water partition coefficient (Wildman–Crippen LogP) is 4.20. The van der Waals surface area contributed by atoms with Crippen LogP contribution in [0.5, 0.6) is 0 Å². The van der Waals surface area contributed by atoms with Crippen LogP contribution < -0.4 is 5.32 Å². The van der Waals surface area contributed by atoms with Crippen molar-refractivity contribution in [3.05, 3.63) is 59.9 Å². The zero-order valence-corrected chi connectivity index (χ0v) is 13.2. The molecule has 0 saturated heterocycles. The Morgan fingerprint density at radius 2 is 1.78 bits per heavy atom. The van der Waals surface area contributed by atoms with E-state index in [0.717, 1.165) is 33.1 Å². The first-order valence-corrected chi connectivity index (χ1v) is 8.04. The molecule has 4 aromatic rings. The fraction of sp³-hybridized carbons (Fsp3) is 0.0588. The van der Waals surface area contributed by atoms with E-state index in [0.29, 0.717) is 5.82 Å². The van der Waals surface area contributed by atoms with E-state index in [1.54, 1.807) is 23.7 Å². The van der Waals surface area contributed by atoms with E-state index in [9.17, 15) is 0 Å². The molecular weight excluding hydrogens is 306 g/mol. The molecule has 0 aliphatic heterocycles. The first-order chi connectivity index (χ1) is 11.3. The molecule has 3 aromatic heterocycles. The second-order valence-electron chi connectivity index (χ2n) is 5.07. The summed E-state index contributed by atoms with van der Waals surface area (Å²) < 4.78 is 0. The summed E-state index contributed by atoms with van der Waals surface area (Å²) in [6.45, 7) is 1.97. The third kappa shape index (κ3) is 2.76. The van der Waals surface area contributed by atoms with E-state index in [-0.39, 0.29) is 0 Å². The number of fused-ring (bicyclic) bond motifs is 1. The van der Waals surface area contributed by atoms with Crippen molar-refractivity contribution in [3.8, 4) is 10.8 Å². The van der Waals surface area contributed by atoms with Gasteiger partial charge in [-0.15, -0.1) is 11.3 Å². The van der Waals surface area contributed by atoms with Crippen LogP contribution in [0, 0.1) is 6.92 Å². The van der Waals surface area contributed by atoms with E-state index in [1.807, 2.05) is 48.7 Å². The van der Waals surface area contributed by atoms with Gasteiger partial charge in [-0.1, -0.05) is 12.1 Å². The molecule has 23 heavy (non-hydrogen) atoms. The average molecular weight is 319 g/mol. The predicted molar refractivity (Wildman–Crippen MR) is 92.9 cm³/mol. The standard InChI is InChI=1S/C17H13N5S/c1-11-10-23-17(19-11)16-21-14-5-3-2-4-13(14)15(22-16)20-12-6-8-18-9-7-12/h2-10H,1H3,(H,18,20,21,22). The Morgan fingerprint density at radius 1 is 0.957 bits per heavy atom. The van der Waals surface area contributed by atoms with Crippen LogP contribution in [0.1, 0.15) is 5.69 Å². The highest BCUT2D eigenvalue weighted by molar-refractivity contribution is 7.13. The lowest BCUT2D eigenvalue weighted by Gasteiger charge is -2.09. The smallest absolute Gasteiger partial charge is 0.191 e. The van der Waals surface area contributed by atoms with Crippen LogP contribution in [0.4, 0.5) is 11.5 Å². The number of thiazole rings is 1. The molecule has 0 aliphatic carbocycles. The van der Waals surface area contributed by atoms with Crippen molar-refractivity contribution in [3.63, 3.8) is 0 Å². The Morgan fingerprint density at radius 3 is 2.57 bits per heavy atom. The van der Waals surface area contributed by atoms with Crippen molar-refractivity contribution in [1.82, 2.24) is 19.9 Å². The molecule has 0 bridgehead atoms. The van der Waals surface area contributed by atoms with Gasteiger partial charge in [0.05, 0.1) is 5.52 Å². The van der Waals surface area contributed by atoms with Crippen LogP contribution >= 0.6 is 11.3 Å². The van der Waals surface area contributed by atoms with E-state index < -0.39 is 0 Å². The summed E-state index contributed by atoms with van der Waals surface area (Å²) in [4.78, 5) is 17.9. The number of hydrogen-bond donors (Lipinski definition) is 1. The molecule has 0 radical (unpaired) electrons. The van der Waals surface area contributed by atoms with Gasteiger partial charge in [-0.2, -0.15) is 0 Å². The molecule has 0 unspecified atom stereocenters. The Bertz CT molecular complexity index is 965. The number of benzene rings is 1. The fourth-order valence-corrected chi connectivity index (χ4v) is 3.02. The van der Waals surface area contributed by atoms with Crippen LogP contribution in [0.2, 0.25) is 0 Å². The second kappa shape index (κ2) is 5.73. The van der Waals surface area contributed by atoms with Crippen LogP contribution in [0.25, 0.3) is 21.7 Å². The Hall–Kier alpha value is -2.86. The lowest BCUT2D eigenvalue weighted by molar-refractivity contribution is 1.18. The highest BCUT2D eigenvalue weighted by atomic mass is 32.1. The summed E-state index contributed by atoms with van der Waals surface area (Å²) in [5, 5.41) is 7.15. The Balaban J connectivity index is 1.87. The molecule has 3 heterocycles. The fourth-order valence-electron chi connectivity index (χ4n) is 2.30. The molecule has 5 nitrogen and oxygen atoms in total. The van der Waals surface area contributed by atoms with Gasteiger partial charge in [0.25, 0.3) is 0 Å². The second-order valence-corrected chi connectivity index (χ2v) is 5.93. The molecule has 112 valence electrons. The number of para-hydroxylation sites is 1. The highest BCUT2D eigenvalue weighted by Crippen LogP contribution is 2.28. The molecule has 0 spiro atoms. The summed E-state index contributed by atoms with van der Waals surface area (Å²) in [6.07, 6.45) is 3.49. The normalized spacial score (nSPS) is 10.8. The summed E-state index contributed by atoms with van der Waals surface area (Å²) in [6, 6.07) is 11.8. The van der Waals surface area contributed by atoms with Crippen LogP contribution in [0.3, 0.4) is 0 Å². The summed E-state index contributed by atoms with van der Waals surface area (Å²) in [5.74, 6) is 1.41. The zero-order valence-electron chi connectivity index (χ0n) is 12.4. The topological polar surface area (TPSA) is 63.6 Å². The van der Waals surface area contributed by atoms with Crippen molar-refractivity contribution < 1.29 is 0 Å². The van der Waals surface area contributed by atoms with Crippen LogP contribution in [-0.4, -0.2) is 19.9 Å². The molecule has 1 N–H and O–H groups in total. The molecule has 0 fully saturated rings. The van der Waals surface area contributed by atoms with E-state index in [4.69, 9.17) is 0 Å². The number of aromatic nitrogens is 4.